The van der Waals surface area contributed by atoms with E-state index in [4.69, 9.17) is 10.8 Å². The molecule has 0 fully saturated rings. The smallest absolute Gasteiger partial charge is 0.0581 e. The molecule has 4 N–H and O–H groups in total. The van der Waals surface area contributed by atoms with E-state index in [0.29, 0.717) is 6.54 Å². The van der Waals surface area contributed by atoms with Gasteiger partial charge < -0.3 is 15.9 Å². The molecule has 0 aromatic heterocycles. The highest BCUT2D eigenvalue weighted by molar-refractivity contribution is 4.85. The van der Waals surface area contributed by atoms with Gasteiger partial charge >= 0.3 is 0 Å². The molecule has 0 aromatic rings. The molecule has 0 amide bonds. The van der Waals surface area contributed by atoms with Gasteiger partial charge in [-0.2, -0.15) is 0 Å². The molecule has 0 saturated carbocycles. The average molecular weight is 161 g/mol. The molecule has 0 aliphatic rings. The number of aliphatic hydroxyl groups is 2. The first-order valence-corrected chi connectivity index (χ1v) is 3.98. The maximum absolute atomic E-state index is 9.38. The number of nitrogens with two attached hydrogens (primary N) is 1. The van der Waals surface area contributed by atoms with Crippen molar-refractivity contribution in [2.75, 3.05) is 13.2 Å². The Labute approximate surface area is 68.2 Å². The fourth-order valence-electron chi connectivity index (χ4n) is 0.992. The minimum absolute atomic E-state index is 0.0347. The highest BCUT2D eigenvalue weighted by Gasteiger charge is 2.33. The molecule has 0 rings (SSSR count). The van der Waals surface area contributed by atoms with Crippen molar-refractivity contribution in [1.82, 2.24) is 0 Å². The Morgan fingerprint density at radius 3 is 2.00 bits per heavy atom. The molecule has 0 saturated heterocycles. The zero-order valence-electron chi connectivity index (χ0n) is 7.54. The van der Waals surface area contributed by atoms with E-state index in [9.17, 15) is 5.11 Å². The van der Waals surface area contributed by atoms with E-state index in [2.05, 4.69) is 0 Å². The fourth-order valence-corrected chi connectivity index (χ4v) is 0.992. The lowest BCUT2D eigenvalue weighted by atomic mass is 9.74. The third kappa shape index (κ3) is 2.15. The normalized spacial score (nSPS) is 22.4. The molecule has 3 nitrogen and oxygen atoms in total. The van der Waals surface area contributed by atoms with Gasteiger partial charge in [0, 0.05) is 18.6 Å². The third-order valence-electron chi connectivity index (χ3n) is 2.79. The fraction of sp³-hybridized carbons (Fsp3) is 1.00. The Kier molecular flexibility index (Phi) is 4.00. The molecular formula is C8H19NO2. The van der Waals surface area contributed by atoms with E-state index >= 15 is 0 Å². The van der Waals surface area contributed by atoms with Gasteiger partial charge in [0.25, 0.3) is 0 Å². The van der Waals surface area contributed by atoms with Crippen LogP contribution in [0, 0.1) is 11.3 Å². The lowest BCUT2D eigenvalue weighted by molar-refractivity contribution is -0.00259. The van der Waals surface area contributed by atoms with Gasteiger partial charge in [-0.1, -0.05) is 13.8 Å². The summed E-state index contributed by atoms with van der Waals surface area (Å²) in [7, 11) is 0. The van der Waals surface area contributed by atoms with Crippen LogP contribution in [0.2, 0.25) is 0 Å². The van der Waals surface area contributed by atoms with Gasteiger partial charge in [0.2, 0.25) is 0 Å². The summed E-state index contributed by atoms with van der Waals surface area (Å²) in [5.74, 6) is 0.0347. The van der Waals surface area contributed by atoms with Gasteiger partial charge in [-0.05, 0) is 12.8 Å². The van der Waals surface area contributed by atoms with Crippen LogP contribution in [0.4, 0.5) is 0 Å². The molecule has 0 aromatic carbocycles. The van der Waals surface area contributed by atoms with Gasteiger partial charge in [-0.3, -0.25) is 0 Å². The molecule has 0 bridgehead atoms. The van der Waals surface area contributed by atoms with Crippen LogP contribution in [0.3, 0.4) is 0 Å². The summed E-state index contributed by atoms with van der Waals surface area (Å²) < 4.78 is 0. The maximum Gasteiger partial charge on any atom is 0.0581 e. The number of rotatable bonds is 4. The molecule has 0 aliphatic heterocycles. The van der Waals surface area contributed by atoms with Crippen molar-refractivity contribution in [2.24, 2.45) is 17.1 Å². The second-order valence-electron chi connectivity index (χ2n) is 3.47. The SMILES string of the molecule is CC(O)C(C)(CN)C(C)CO. The average Bonchev–Trinajstić information content (AvgIpc) is 2.01. The summed E-state index contributed by atoms with van der Waals surface area (Å²) in [6.07, 6.45) is -0.477. The molecule has 0 aliphatic carbocycles. The Bertz CT molecular complexity index is 117. The van der Waals surface area contributed by atoms with Gasteiger partial charge in [0.05, 0.1) is 6.10 Å². The number of aliphatic hydroxyl groups excluding tert-OH is 2. The lowest BCUT2D eigenvalue weighted by Gasteiger charge is -2.36. The minimum atomic E-state index is -0.477. The van der Waals surface area contributed by atoms with E-state index in [-0.39, 0.29) is 17.9 Å². The molecule has 11 heavy (non-hydrogen) atoms. The van der Waals surface area contributed by atoms with Gasteiger partial charge in [0.15, 0.2) is 0 Å². The summed E-state index contributed by atoms with van der Waals surface area (Å²) >= 11 is 0. The van der Waals surface area contributed by atoms with Crippen LogP contribution in [0.1, 0.15) is 20.8 Å². The van der Waals surface area contributed by atoms with Crippen molar-refractivity contribution in [1.29, 1.82) is 0 Å². The summed E-state index contributed by atoms with van der Waals surface area (Å²) in [5.41, 5.74) is 5.15. The molecular weight excluding hydrogens is 142 g/mol. The summed E-state index contributed by atoms with van der Waals surface area (Å²) in [4.78, 5) is 0. The first kappa shape index (κ1) is 10.9. The van der Waals surface area contributed by atoms with Crippen LogP contribution < -0.4 is 5.73 Å². The molecule has 0 radical (unpaired) electrons. The van der Waals surface area contributed by atoms with E-state index in [1.54, 1.807) is 6.92 Å². The summed E-state index contributed by atoms with van der Waals surface area (Å²) in [6, 6.07) is 0. The zero-order valence-corrected chi connectivity index (χ0v) is 7.54. The quantitative estimate of drug-likeness (QED) is 0.542. The second-order valence-corrected chi connectivity index (χ2v) is 3.47. The van der Waals surface area contributed by atoms with Crippen molar-refractivity contribution in [3.63, 3.8) is 0 Å². The number of hydrogen-bond acceptors (Lipinski definition) is 3. The molecule has 0 spiro atoms. The zero-order chi connectivity index (χ0) is 9.07. The highest BCUT2D eigenvalue weighted by atomic mass is 16.3. The molecule has 0 heterocycles. The van der Waals surface area contributed by atoms with Crippen LogP contribution in [0.15, 0.2) is 0 Å². The van der Waals surface area contributed by atoms with E-state index in [1.165, 1.54) is 0 Å². The van der Waals surface area contributed by atoms with Crippen LogP contribution in [0.5, 0.6) is 0 Å². The Morgan fingerprint density at radius 1 is 1.45 bits per heavy atom. The topological polar surface area (TPSA) is 66.5 Å². The Morgan fingerprint density at radius 2 is 1.91 bits per heavy atom. The molecule has 3 unspecified atom stereocenters. The van der Waals surface area contributed by atoms with Crippen molar-refractivity contribution < 1.29 is 10.2 Å². The Balaban J connectivity index is 4.32. The van der Waals surface area contributed by atoms with Crippen molar-refractivity contribution in [3.8, 4) is 0 Å². The first-order chi connectivity index (χ1) is 4.99. The molecule has 3 heteroatoms. The summed E-state index contributed by atoms with van der Waals surface area (Å²) in [6.45, 7) is 5.95. The van der Waals surface area contributed by atoms with E-state index in [0.717, 1.165) is 0 Å². The van der Waals surface area contributed by atoms with Crippen LogP contribution >= 0.6 is 0 Å². The van der Waals surface area contributed by atoms with Gasteiger partial charge in [-0.25, -0.2) is 0 Å². The van der Waals surface area contributed by atoms with Crippen molar-refractivity contribution in [2.45, 2.75) is 26.9 Å². The largest absolute Gasteiger partial charge is 0.396 e. The van der Waals surface area contributed by atoms with E-state index < -0.39 is 6.10 Å². The first-order valence-electron chi connectivity index (χ1n) is 3.98. The van der Waals surface area contributed by atoms with Crippen LogP contribution in [0.25, 0.3) is 0 Å². The predicted octanol–water partition coefficient (Wildman–Crippen LogP) is -0.0394. The van der Waals surface area contributed by atoms with E-state index in [1.807, 2.05) is 13.8 Å². The highest BCUT2D eigenvalue weighted by Crippen LogP contribution is 2.29. The molecule has 68 valence electrons. The number of hydrogen-bond donors (Lipinski definition) is 3. The van der Waals surface area contributed by atoms with Gasteiger partial charge in [-0.15, -0.1) is 0 Å². The van der Waals surface area contributed by atoms with Crippen LogP contribution in [-0.2, 0) is 0 Å². The molecule has 3 atom stereocenters. The van der Waals surface area contributed by atoms with Crippen molar-refractivity contribution >= 4 is 0 Å². The monoisotopic (exact) mass is 161 g/mol. The lowest BCUT2D eigenvalue weighted by Crippen LogP contribution is -2.44. The Hall–Kier alpha value is -0.120. The summed E-state index contributed by atoms with van der Waals surface area (Å²) in [5, 5.41) is 18.3. The van der Waals surface area contributed by atoms with Crippen LogP contribution in [-0.4, -0.2) is 29.5 Å². The standard InChI is InChI=1S/C8H19NO2/c1-6(4-10)8(3,5-9)7(2)11/h6-7,10-11H,4-5,9H2,1-3H3. The maximum atomic E-state index is 9.38. The van der Waals surface area contributed by atoms with Gasteiger partial charge in [0.1, 0.15) is 0 Å². The van der Waals surface area contributed by atoms with Crippen molar-refractivity contribution in [3.05, 3.63) is 0 Å². The minimum Gasteiger partial charge on any atom is -0.396 e. The second kappa shape index (κ2) is 4.04. The third-order valence-corrected chi connectivity index (χ3v) is 2.79. The predicted molar refractivity (Wildman–Crippen MR) is 45.1 cm³/mol.